The molecule has 0 amide bonds. The van der Waals surface area contributed by atoms with E-state index in [4.69, 9.17) is 9.47 Å². The quantitative estimate of drug-likeness (QED) is 0.332. The number of aromatic nitrogens is 1. The molecule has 0 unspecified atom stereocenters. The third-order valence-electron chi connectivity index (χ3n) is 13.8. The average Bonchev–Trinajstić information content (AvgIpc) is 3.52. The van der Waals surface area contributed by atoms with Crippen molar-refractivity contribution in [1.29, 1.82) is 0 Å². The molecule has 0 radical (unpaired) electrons. The molecule has 1 spiro atoms. The number of fused-ring (bicyclic) bond motifs is 8. The molecule has 2 aliphatic heterocycles. The van der Waals surface area contributed by atoms with Crippen LogP contribution in [0, 0.1) is 52.3 Å². The van der Waals surface area contributed by atoms with Gasteiger partial charge in [-0.15, -0.1) is 0 Å². The first-order valence-corrected chi connectivity index (χ1v) is 17.8. The predicted molar refractivity (Wildman–Crippen MR) is 156 cm³/mol. The fourth-order valence-corrected chi connectivity index (χ4v) is 14.1. The topological polar surface area (TPSA) is 40.5 Å². The molecule has 2 aromatic rings. The number of nitrogens with zero attached hydrogens (tertiary/aromatic N) is 1. The van der Waals surface area contributed by atoms with Crippen LogP contribution in [-0.4, -0.2) is 36.8 Å². The van der Waals surface area contributed by atoms with Crippen molar-refractivity contribution in [2.24, 2.45) is 52.3 Å². The third kappa shape index (κ3) is 3.52. The molecule has 212 valence electrons. The van der Waals surface area contributed by atoms with Crippen molar-refractivity contribution in [2.45, 2.75) is 110 Å². The third-order valence-corrected chi connectivity index (χ3v) is 16.3. The van der Waals surface area contributed by atoms with E-state index in [1.807, 2.05) is 12.1 Å². The molecular weight excluding hydrogens is 549 g/mol. The van der Waals surface area contributed by atoms with Crippen LogP contribution in [0.3, 0.4) is 0 Å². The van der Waals surface area contributed by atoms with Crippen LogP contribution in [0.4, 0.5) is 0 Å². The molecule has 8 rings (SSSR count). The summed E-state index contributed by atoms with van der Waals surface area (Å²) >= 11 is 0.158. The predicted octanol–water partition coefficient (Wildman–Crippen LogP) is 7.05. The van der Waals surface area contributed by atoms with Crippen LogP contribution in [0.2, 0.25) is 0 Å². The zero-order valence-corrected chi connectivity index (χ0v) is 26.1. The van der Waals surface area contributed by atoms with Crippen molar-refractivity contribution >= 4 is 24.4 Å². The Balaban J connectivity index is 1.02. The fourth-order valence-electron chi connectivity index (χ4n) is 11.7. The molecule has 1 aromatic heterocycles. The summed E-state index contributed by atoms with van der Waals surface area (Å²) in [5.74, 6) is 4.80. The van der Waals surface area contributed by atoms with Gasteiger partial charge in [0.15, 0.2) is 0 Å². The summed E-state index contributed by atoms with van der Waals surface area (Å²) in [6.45, 7) is 11.0. The average molecular weight is 597 g/mol. The summed E-state index contributed by atoms with van der Waals surface area (Å²) < 4.78 is 17.1. The maximum absolute atomic E-state index is 13.3. The molecule has 39 heavy (non-hydrogen) atoms. The van der Waals surface area contributed by atoms with Crippen molar-refractivity contribution in [3.8, 4) is 0 Å². The zero-order chi connectivity index (χ0) is 26.7. The van der Waals surface area contributed by atoms with Crippen molar-refractivity contribution in [3.05, 3.63) is 34.6 Å². The Morgan fingerprint density at radius 1 is 0.923 bits per heavy atom. The van der Waals surface area contributed by atoms with E-state index in [9.17, 15) is 4.79 Å². The Morgan fingerprint density at radius 3 is 2.54 bits per heavy atom. The molecule has 4 nitrogen and oxygen atoms in total. The van der Waals surface area contributed by atoms with Gasteiger partial charge in [-0.3, -0.25) is 0 Å². The molecular formula is C34H47NO3Se. The van der Waals surface area contributed by atoms with Gasteiger partial charge < -0.3 is 4.74 Å². The molecule has 6 aliphatic rings. The first-order chi connectivity index (χ1) is 18.7. The Labute approximate surface area is 240 Å². The van der Waals surface area contributed by atoms with Gasteiger partial charge in [-0.25, -0.2) is 0 Å². The molecule has 0 N–H and O–H groups in total. The van der Waals surface area contributed by atoms with E-state index in [2.05, 4.69) is 43.4 Å². The van der Waals surface area contributed by atoms with Crippen LogP contribution < -0.4 is 5.56 Å². The van der Waals surface area contributed by atoms with Crippen LogP contribution in [0.15, 0.2) is 29.1 Å². The summed E-state index contributed by atoms with van der Waals surface area (Å²) in [6, 6.07) is 8.79. The van der Waals surface area contributed by atoms with Crippen molar-refractivity contribution in [1.82, 2.24) is 3.56 Å². The van der Waals surface area contributed by atoms with Crippen LogP contribution >= 0.6 is 0 Å². The summed E-state index contributed by atoms with van der Waals surface area (Å²) in [5.41, 5.74) is 1.15. The second-order valence-corrected chi connectivity index (χ2v) is 17.5. The second-order valence-electron chi connectivity index (χ2n) is 15.3. The normalized spacial score (nSPS) is 50.9. The molecule has 3 heterocycles. The number of hydrogen-bond donors (Lipinski definition) is 0. The van der Waals surface area contributed by atoms with E-state index in [0.717, 1.165) is 42.1 Å². The monoisotopic (exact) mass is 597 g/mol. The minimum atomic E-state index is -0.303. The van der Waals surface area contributed by atoms with E-state index < -0.39 is 0 Å². The maximum atomic E-state index is 13.3. The summed E-state index contributed by atoms with van der Waals surface area (Å²) in [7, 11) is 0. The minimum absolute atomic E-state index is 0.158. The van der Waals surface area contributed by atoms with E-state index in [1.165, 1.54) is 62.0 Å². The van der Waals surface area contributed by atoms with E-state index in [1.54, 1.807) is 0 Å². The number of rotatable bonds is 1. The van der Waals surface area contributed by atoms with Crippen molar-refractivity contribution < 1.29 is 9.47 Å². The van der Waals surface area contributed by atoms with Gasteiger partial charge in [-0.1, -0.05) is 6.92 Å². The molecule has 5 heteroatoms. The first kappa shape index (κ1) is 25.8. The Morgan fingerprint density at radius 2 is 1.74 bits per heavy atom. The van der Waals surface area contributed by atoms with E-state index >= 15 is 0 Å². The SMILES string of the molecule is C[C@@H]1CC[C@@]2(OC1)O[C@H]1C[C@H]3[C@@H]4CC[C@@H]5C[C@H](n6[se]c7ccccc7c6=O)CC[C@]5(C)[C@H]4CC[C@]3(C)[C@H]1[C@@H]2C. The van der Waals surface area contributed by atoms with Crippen molar-refractivity contribution in [2.75, 3.05) is 6.61 Å². The standard InChI is InChI=1S/C34H47NO3Se/c1-20-11-16-34(37-19-20)21(2)30-28(38-34)18-27-24-10-9-22-17-23(35-31(36)25-7-5-6-8-29(25)39-35)12-14-32(22,3)26(24)13-15-33(27,30)4/h5-8,20-24,26-28,30H,9-19H2,1-4H3/t20-,21+,22-,23-,24-,26+,27+,28+,30+,32+,33+,34-/m1/s1. The molecule has 4 saturated carbocycles. The number of ether oxygens (including phenoxy) is 2. The molecule has 4 aliphatic carbocycles. The molecule has 12 atom stereocenters. The van der Waals surface area contributed by atoms with Gasteiger partial charge in [0.05, 0.1) is 6.61 Å². The van der Waals surface area contributed by atoms with Gasteiger partial charge in [0.1, 0.15) is 0 Å². The Kier molecular flexibility index (Phi) is 5.84. The first-order valence-electron chi connectivity index (χ1n) is 16.2. The van der Waals surface area contributed by atoms with Gasteiger partial charge in [-0.05, 0) is 12.3 Å². The van der Waals surface area contributed by atoms with Gasteiger partial charge in [0.25, 0.3) is 0 Å². The molecule has 0 bridgehead atoms. The molecule has 6 fully saturated rings. The second kappa shape index (κ2) is 8.82. The molecule has 2 saturated heterocycles. The van der Waals surface area contributed by atoms with Crippen LogP contribution in [-0.2, 0) is 9.47 Å². The van der Waals surface area contributed by atoms with Gasteiger partial charge in [-0.2, -0.15) is 0 Å². The summed E-state index contributed by atoms with van der Waals surface area (Å²) in [6.07, 6.45) is 13.2. The summed E-state index contributed by atoms with van der Waals surface area (Å²) in [4.78, 5) is 13.3. The zero-order valence-electron chi connectivity index (χ0n) is 24.4. The van der Waals surface area contributed by atoms with Crippen molar-refractivity contribution in [3.63, 3.8) is 0 Å². The van der Waals surface area contributed by atoms with E-state index in [0.29, 0.717) is 46.3 Å². The Bertz CT molecular complexity index is 1320. The van der Waals surface area contributed by atoms with Crippen LogP contribution in [0.5, 0.6) is 0 Å². The molecule has 1 aromatic carbocycles. The van der Waals surface area contributed by atoms with E-state index in [-0.39, 0.29) is 20.5 Å². The van der Waals surface area contributed by atoms with Crippen LogP contribution in [0.1, 0.15) is 97.9 Å². The van der Waals surface area contributed by atoms with Gasteiger partial charge in [0.2, 0.25) is 0 Å². The summed E-state index contributed by atoms with van der Waals surface area (Å²) in [5, 5.41) is 0.972. The number of benzene rings is 1. The van der Waals surface area contributed by atoms with Gasteiger partial charge >= 0.3 is 204 Å². The van der Waals surface area contributed by atoms with Crippen LogP contribution in [0.25, 0.3) is 9.65 Å². The Hall–Kier alpha value is -0.871. The van der Waals surface area contributed by atoms with Gasteiger partial charge in [0, 0.05) is 6.42 Å². The number of hydrogen-bond acceptors (Lipinski definition) is 3. The fraction of sp³-hybridized carbons (Fsp3) is 0.794.